The highest BCUT2D eigenvalue weighted by atomic mass is 35.5. The summed E-state index contributed by atoms with van der Waals surface area (Å²) in [6.45, 7) is 6.58. The van der Waals surface area contributed by atoms with E-state index in [9.17, 15) is 28.1 Å². The molecule has 0 saturated heterocycles. The standard InChI is InChI=1S/C42H43ClF2N2O10S/c1-40(2,3)37(48)55-25-54-36-31(19-20-32(35(36)43)42(44,45)39(50)57-26-56-38(49)41(4,5)6)24-47(58(51,52)34-14-9-8-13-33(34)53-7)23-27-15-17-29(18-16-27)30-12-10-11-28(21-30)22-46/h8-21H,23-26H2,1-7H3. The van der Waals surface area contributed by atoms with E-state index in [2.05, 4.69) is 10.8 Å². The van der Waals surface area contributed by atoms with Crippen molar-refractivity contribution < 1.29 is 55.3 Å². The molecule has 0 N–H and O–H groups in total. The van der Waals surface area contributed by atoms with Gasteiger partial charge in [-0.15, -0.1) is 0 Å². The Balaban J connectivity index is 1.78. The summed E-state index contributed by atoms with van der Waals surface area (Å²) in [5.74, 6) is -8.52. The number of hydrogen-bond donors (Lipinski definition) is 0. The number of para-hydroxylation sites is 1. The summed E-state index contributed by atoms with van der Waals surface area (Å²) in [4.78, 5) is 37.1. The first-order valence-electron chi connectivity index (χ1n) is 17.7. The highest BCUT2D eigenvalue weighted by Crippen LogP contribution is 2.42. The number of hydrogen-bond acceptors (Lipinski definition) is 11. The number of nitrogens with zero attached hydrogens (tertiary/aromatic N) is 2. The molecular formula is C42H43ClF2N2O10S. The molecule has 4 rings (SSSR count). The highest BCUT2D eigenvalue weighted by molar-refractivity contribution is 7.89. The van der Waals surface area contributed by atoms with E-state index in [0.29, 0.717) is 11.1 Å². The molecule has 0 aromatic heterocycles. The van der Waals surface area contributed by atoms with Gasteiger partial charge in [0, 0.05) is 18.7 Å². The van der Waals surface area contributed by atoms with Crippen molar-refractivity contribution >= 4 is 39.5 Å². The molecule has 58 heavy (non-hydrogen) atoms. The van der Waals surface area contributed by atoms with Crippen molar-refractivity contribution in [3.63, 3.8) is 0 Å². The molecule has 12 nitrogen and oxygen atoms in total. The molecular weight excluding hydrogens is 798 g/mol. The Labute approximate surface area is 341 Å². The topological polar surface area (TPSA) is 159 Å². The zero-order valence-electron chi connectivity index (χ0n) is 32.9. The van der Waals surface area contributed by atoms with Crippen molar-refractivity contribution in [2.24, 2.45) is 10.8 Å². The fourth-order valence-electron chi connectivity index (χ4n) is 5.19. The lowest BCUT2D eigenvalue weighted by Gasteiger charge is -2.26. The second-order valence-corrected chi connectivity index (χ2v) is 17.3. The van der Waals surface area contributed by atoms with E-state index in [4.69, 9.17) is 30.5 Å². The molecule has 0 heterocycles. The van der Waals surface area contributed by atoms with Crippen LogP contribution in [0.4, 0.5) is 8.78 Å². The maximum atomic E-state index is 15.8. The predicted octanol–water partition coefficient (Wildman–Crippen LogP) is 8.39. The van der Waals surface area contributed by atoms with Crippen LogP contribution in [0.3, 0.4) is 0 Å². The molecule has 0 aliphatic heterocycles. The molecule has 0 unspecified atom stereocenters. The maximum absolute atomic E-state index is 15.8. The maximum Gasteiger partial charge on any atom is 0.384 e. The Kier molecular flexibility index (Phi) is 14.3. The first-order chi connectivity index (χ1) is 27.1. The van der Waals surface area contributed by atoms with Gasteiger partial charge in [-0.2, -0.15) is 18.3 Å². The summed E-state index contributed by atoms with van der Waals surface area (Å²) >= 11 is 6.57. The Morgan fingerprint density at radius 1 is 0.759 bits per heavy atom. The monoisotopic (exact) mass is 840 g/mol. The molecule has 0 aliphatic carbocycles. The Hall–Kier alpha value is -5.56. The van der Waals surface area contributed by atoms with Gasteiger partial charge in [-0.1, -0.05) is 72.3 Å². The molecule has 0 fully saturated rings. The second kappa shape index (κ2) is 18.4. The van der Waals surface area contributed by atoms with Gasteiger partial charge in [0.15, 0.2) is 0 Å². The summed E-state index contributed by atoms with van der Waals surface area (Å²) in [6, 6.07) is 23.8. The third kappa shape index (κ3) is 10.9. The van der Waals surface area contributed by atoms with Gasteiger partial charge in [0.1, 0.15) is 16.4 Å². The molecule has 0 spiro atoms. The first-order valence-corrected chi connectivity index (χ1v) is 19.5. The second-order valence-electron chi connectivity index (χ2n) is 15.0. The SMILES string of the molecule is COc1ccccc1S(=O)(=O)N(Cc1ccc(-c2cccc(C#N)c2)cc1)Cc1ccc(C(F)(F)C(=O)OCOC(=O)C(C)(C)C)c(Cl)c1OCOC(=O)C(C)(C)C. The van der Waals surface area contributed by atoms with Crippen LogP contribution in [0.25, 0.3) is 11.1 Å². The van der Waals surface area contributed by atoms with Crippen molar-refractivity contribution in [2.75, 3.05) is 20.7 Å². The van der Waals surface area contributed by atoms with Crippen LogP contribution in [-0.4, -0.2) is 51.3 Å². The van der Waals surface area contributed by atoms with E-state index >= 15 is 8.78 Å². The molecule has 0 atom stereocenters. The summed E-state index contributed by atoms with van der Waals surface area (Å²) in [7, 11) is -3.14. The van der Waals surface area contributed by atoms with Crippen molar-refractivity contribution in [1.82, 2.24) is 4.31 Å². The third-order valence-corrected chi connectivity index (χ3v) is 10.6. The molecule has 4 aromatic carbocycles. The number of carbonyl (C=O) groups excluding carboxylic acids is 3. The van der Waals surface area contributed by atoms with Crippen LogP contribution >= 0.6 is 11.6 Å². The zero-order chi connectivity index (χ0) is 43.1. The summed E-state index contributed by atoms with van der Waals surface area (Å²) in [6.07, 6.45) is 0. The Bertz CT molecular complexity index is 2300. The summed E-state index contributed by atoms with van der Waals surface area (Å²) in [5.41, 5.74) is -0.608. The van der Waals surface area contributed by atoms with Crippen LogP contribution < -0.4 is 9.47 Å². The number of alkyl halides is 2. The molecule has 16 heteroatoms. The third-order valence-electron chi connectivity index (χ3n) is 8.44. The largest absolute Gasteiger partial charge is 0.495 e. The zero-order valence-corrected chi connectivity index (χ0v) is 34.5. The van der Waals surface area contributed by atoms with Gasteiger partial charge in [-0.25, -0.2) is 13.2 Å². The number of carbonyl (C=O) groups is 3. The fraction of sp³-hybridized carbons (Fsp3) is 0.333. The lowest BCUT2D eigenvalue weighted by Crippen LogP contribution is -2.32. The van der Waals surface area contributed by atoms with Crippen molar-refractivity contribution in [3.05, 3.63) is 112 Å². The van der Waals surface area contributed by atoms with Gasteiger partial charge >= 0.3 is 23.8 Å². The van der Waals surface area contributed by atoms with E-state index in [1.807, 2.05) is 6.07 Å². The molecule has 0 saturated carbocycles. The smallest absolute Gasteiger partial charge is 0.384 e. The van der Waals surface area contributed by atoms with E-state index in [1.54, 1.807) is 69.3 Å². The summed E-state index contributed by atoms with van der Waals surface area (Å²) < 4.78 is 87.1. The lowest BCUT2D eigenvalue weighted by atomic mass is 9.97. The number of benzene rings is 4. The Morgan fingerprint density at radius 2 is 1.36 bits per heavy atom. The quantitative estimate of drug-likeness (QED) is 0.0836. The van der Waals surface area contributed by atoms with Crippen LogP contribution in [-0.2, 0) is 57.6 Å². The lowest BCUT2D eigenvalue weighted by molar-refractivity contribution is -0.191. The molecule has 308 valence electrons. The van der Waals surface area contributed by atoms with Crippen molar-refractivity contribution in [2.45, 2.75) is 65.4 Å². The average Bonchev–Trinajstić information content (AvgIpc) is 3.17. The van der Waals surface area contributed by atoms with Crippen LogP contribution in [0.5, 0.6) is 11.5 Å². The Morgan fingerprint density at radius 3 is 1.97 bits per heavy atom. The van der Waals surface area contributed by atoms with Crippen molar-refractivity contribution in [1.29, 1.82) is 5.26 Å². The van der Waals surface area contributed by atoms with Gasteiger partial charge < -0.3 is 23.7 Å². The minimum atomic E-state index is -4.45. The van der Waals surface area contributed by atoms with Crippen LogP contribution in [0.2, 0.25) is 5.02 Å². The van der Waals surface area contributed by atoms with E-state index < -0.39 is 81.1 Å². The number of rotatable bonds is 15. The van der Waals surface area contributed by atoms with Gasteiger partial charge in [0.05, 0.1) is 40.2 Å². The van der Waals surface area contributed by atoms with Gasteiger partial charge in [0.2, 0.25) is 23.6 Å². The van der Waals surface area contributed by atoms with Gasteiger partial charge in [-0.3, -0.25) is 9.59 Å². The van der Waals surface area contributed by atoms with Gasteiger partial charge in [-0.05, 0) is 82.5 Å². The van der Waals surface area contributed by atoms with Crippen LogP contribution in [0.1, 0.15) is 63.8 Å². The molecule has 0 radical (unpaired) electrons. The van der Waals surface area contributed by atoms with Crippen molar-refractivity contribution in [3.8, 4) is 28.7 Å². The first kappa shape index (κ1) is 45.1. The summed E-state index contributed by atoms with van der Waals surface area (Å²) in [5, 5.41) is 8.53. The molecule has 0 bridgehead atoms. The fourth-order valence-corrected chi connectivity index (χ4v) is 7.11. The number of nitriles is 1. The predicted molar refractivity (Wildman–Crippen MR) is 209 cm³/mol. The number of sulfonamides is 1. The average molecular weight is 841 g/mol. The van der Waals surface area contributed by atoms with Gasteiger partial charge in [0.25, 0.3) is 0 Å². The molecule has 0 amide bonds. The van der Waals surface area contributed by atoms with E-state index in [-0.39, 0.29) is 22.8 Å². The molecule has 4 aromatic rings. The molecule has 0 aliphatic rings. The number of esters is 3. The van der Waals surface area contributed by atoms with Crippen LogP contribution in [0.15, 0.2) is 89.8 Å². The van der Waals surface area contributed by atoms with E-state index in [1.165, 1.54) is 46.1 Å². The highest BCUT2D eigenvalue weighted by Gasteiger charge is 2.46. The number of halogens is 3. The number of methoxy groups -OCH3 is 1. The van der Waals surface area contributed by atoms with E-state index in [0.717, 1.165) is 27.6 Å². The number of ether oxygens (including phenoxy) is 5. The normalized spacial score (nSPS) is 12.0. The van der Waals surface area contributed by atoms with Crippen LogP contribution in [0, 0.1) is 22.2 Å². The minimum Gasteiger partial charge on any atom is -0.495 e. The minimum absolute atomic E-state index is 0.0329.